The van der Waals surface area contributed by atoms with E-state index in [1.54, 1.807) is 11.1 Å². The van der Waals surface area contributed by atoms with Crippen LogP contribution in [0.4, 0.5) is 0 Å². The highest BCUT2D eigenvalue weighted by molar-refractivity contribution is 5.43. The van der Waals surface area contributed by atoms with E-state index in [9.17, 15) is 0 Å². The predicted molar refractivity (Wildman–Crippen MR) is 91.6 cm³/mol. The maximum absolute atomic E-state index is 2.37. The Hall–Kier alpha value is -0.780. The van der Waals surface area contributed by atoms with Gasteiger partial charge in [0.2, 0.25) is 0 Å². The summed E-state index contributed by atoms with van der Waals surface area (Å²) in [6, 6.07) is 6.92. The van der Waals surface area contributed by atoms with Crippen LogP contribution < -0.4 is 0 Å². The molecule has 1 unspecified atom stereocenters. The molecule has 114 valence electrons. The van der Waals surface area contributed by atoms with Gasteiger partial charge >= 0.3 is 0 Å². The molecule has 0 aromatic heterocycles. The minimum absolute atomic E-state index is 0.217. The van der Waals surface area contributed by atoms with Crippen LogP contribution in [-0.4, -0.2) is 0 Å². The fourth-order valence-electron chi connectivity index (χ4n) is 2.93. The molecule has 0 heteroatoms. The lowest BCUT2D eigenvalue weighted by molar-refractivity contribution is 0.498. The maximum atomic E-state index is 2.37. The fraction of sp³-hybridized carbons (Fsp3) is 0.700. The average molecular weight is 274 g/mol. The highest BCUT2D eigenvalue weighted by Gasteiger charge is 2.27. The quantitative estimate of drug-likeness (QED) is 0.608. The van der Waals surface area contributed by atoms with E-state index >= 15 is 0 Å². The molecule has 0 saturated heterocycles. The van der Waals surface area contributed by atoms with Crippen molar-refractivity contribution in [2.45, 2.75) is 85.5 Å². The van der Waals surface area contributed by atoms with Gasteiger partial charge in [-0.15, -0.1) is 0 Å². The lowest BCUT2D eigenvalue weighted by atomic mass is 9.72. The summed E-state index contributed by atoms with van der Waals surface area (Å²) in [4.78, 5) is 0. The monoisotopic (exact) mass is 274 g/mol. The van der Waals surface area contributed by atoms with E-state index in [-0.39, 0.29) is 10.8 Å². The Kier molecular flexibility index (Phi) is 5.46. The summed E-state index contributed by atoms with van der Waals surface area (Å²) >= 11 is 0. The van der Waals surface area contributed by atoms with Crippen LogP contribution in [0.2, 0.25) is 0 Å². The zero-order valence-corrected chi connectivity index (χ0v) is 14.9. The Morgan fingerprint density at radius 3 is 2.00 bits per heavy atom. The van der Waals surface area contributed by atoms with Gasteiger partial charge in [-0.25, -0.2) is 0 Å². The third kappa shape index (κ3) is 4.36. The lowest BCUT2D eigenvalue weighted by Crippen LogP contribution is -2.24. The summed E-state index contributed by atoms with van der Waals surface area (Å²) < 4.78 is 0. The summed E-state index contributed by atoms with van der Waals surface area (Å²) in [5.41, 5.74) is 5.09. The highest BCUT2D eigenvalue weighted by atomic mass is 14.3. The first-order chi connectivity index (χ1) is 9.07. The first-order valence-corrected chi connectivity index (χ1v) is 8.20. The zero-order valence-electron chi connectivity index (χ0n) is 14.9. The number of benzene rings is 1. The summed E-state index contributed by atoms with van der Waals surface area (Å²) in [6.45, 7) is 18.7. The summed E-state index contributed by atoms with van der Waals surface area (Å²) in [5, 5.41) is 0. The van der Waals surface area contributed by atoms with E-state index < -0.39 is 0 Å². The van der Waals surface area contributed by atoms with Gasteiger partial charge in [-0.3, -0.25) is 0 Å². The molecule has 20 heavy (non-hydrogen) atoms. The average Bonchev–Trinajstić information content (AvgIpc) is 2.33. The van der Waals surface area contributed by atoms with Crippen LogP contribution in [0.3, 0.4) is 0 Å². The summed E-state index contributed by atoms with van der Waals surface area (Å²) in [6.07, 6.45) is 3.79. The second-order valence-electron chi connectivity index (χ2n) is 8.39. The van der Waals surface area contributed by atoms with Gasteiger partial charge in [0.1, 0.15) is 0 Å². The number of hydrogen-bond donors (Lipinski definition) is 0. The maximum Gasteiger partial charge on any atom is -0.0126 e. The molecule has 0 fully saturated rings. The molecule has 1 rings (SSSR count). The summed E-state index contributed by atoms with van der Waals surface area (Å²) in [7, 11) is 0. The standard InChI is InChI=1S/C20H34/c1-9-15(2)13-14-16-11-10-12-17(19(3,4)5)18(16)20(6,7)8/h10-12,15H,9,13-14H2,1-8H3. The first-order valence-electron chi connectivity index (χ1n) is 8.20. The molecule has 1 atom stereocenters. The molecular formula is C20H34. The van der Waals surface area contributed by atoms with Crippen molar-refractivity contribution >= 4 is 0 Å². The fourth-order valence-corrected chi connectivity index (χ4v) is 2.93. The van der Waals surface area contributed by atoms with Gasteiger partial charge in [-0.2, -0.15) is 0 Å². The van der Waals surface area contributed by atoms with Crippen LogP contribution in [0.25, 0.3) is 0 Å². The third-order valence-electron chi connectivity index (χ3n) is 4.31. The van der Waals surface area contributed by atoms with E-state index in [4.69, 9.17) is 0 Å². The van der Waals surface area contributed by atoms with Gasteiger partial charge in [0.25, 0.3) is 0 Å². The second-order valence-corrected chi connectivity index (χ2v) is 8.39. The molecule has 0 heterocycles. The first kappa shape index (κ1) is 17.3. The number of rotatable bonds is 4. The van der Waals surface area contributed by atoms with Crippen molar-refractivity contribution in [1.29, 1.82) is 0 Å². The van der Waals surface area contributed by atoms with Crippen molar-refractivity contribution < 1.29 is 0 Å². The normalized spacial score (nSPS) is 14.4. The molecule has 0 aliphatic rings. The molecule has 1 aromatic carbocycles. The zero-order chi connectivity index (χ0) is 15.6. The van der Waals surface area contributed by atoms with Crippen molar-refractivity contribution in [3.8, 4) is 0 Å². The Morgan fingerprint density at radius 1 is 0.950 bits per heavy atom. The van der Waals surface area contributed by atoms with Gasteiger partial charge in [0.15, 0.2) is 0 Å². The van der Waals surface area contributed by atoms with Crippen molar-refractivity contribution in [1.82, 2.24) is 0 Å². The van der Waals surface area contributed by atoms with E-state index in [0.29, 0.717) is 0 Å². The van der Waals surface area contributed by atoms with Crippen LogP contribution in [0.5, 0.6) is 0 Å². The molecule has 0 bridgehead atoms. The van der Waals surface area contributed by atoms with Crippen molar-refractivity contribution in [2.75, 3.05) is 0 Å². The van der Waals surface area contributed by atoms with E-state index in [1.807, 2.05) is 0 Å². The lowest BCUT2D eigenvalue weighted by Gasteiger charge is -2.32. The van der Waals surface area contributed by atoms with Crippen molar-refractivity contribution in [2.24, 2.45) is 5.92 Å². The Morgan fingerprint density at radius 2 is 1.55 bits per heavy atom. The molecule has 0 saturated carbocycles. The molecule has 0 aliphatic carbocycles. The number of aryl methyl sites for hydroxylation is 1. The van der Waals surface area contributed by atoms with Crippen LogP contribution in [0, 0.1) is 5.92 Å². The summed E-state index contributed by atoms with van der Waals surface area (Å²) in [5.74, 6) is 0.820. The van der Waals surface area contributed by atoms with Gasteiger partial charge < -0.3 is 0 Å². The van der Waals surface area contributed by atoms with Crippen LogP contribution in [-0.2, 0) is 17.3 Å². The minimum atomic E-state index is 0.217. The Labute approximate surface area is 127 Å². The van der Waals surface area contributed by atoms with Gasteiger partial charge in [0.05, 0.1) is 0 Å². The Balaban J connectivity index is 3.24. The van der Waals surface area contributed by atoms with Crippen LogP contribution in [0.1, 0.15) is 84.9 Å². The molecule has 0 spiro atoms. The van der Waals surface area contributed by atoms with Gasteiger partial charge in [-0.1, -0.05) is 80.0 Å². The molecule has 0 aliphatic heterocycles. The van der Waals surface area contributed by atoms with E-state index in [1.165, 1.54) is 24.8 Å². The topological polar surface area (TPSA) is 0 Å². The second kappa shape index (κ2) is 6.33. The predicted octanol–water partition coefficient (Wildman–Crippen LogP) is 6.26. The van der Waals surface area contributed by atoms with Gasteiger partial charge in [0, 0.05) is 0 Å². The largest absolute Gasteiger partial charge is 0.0651 e. The van der Waals surface area contributed by atoms with Crippen molar-refractivity contribution in [3.63, 3.8) is 0 Å². The smallest absolute Gasteiger partial charge is 0.0126 e. The molecule has 0 nitrogen and oxygen atoms in total. The number of hydrogen-bond acceptors (Lipinski definition) is 0. The molecule has 0 amide bonds. The van der Waals surface area contributed by atoms with Crippen molar-refractivity contribution in [3.05, 3.63) is 34.9 Å². The van der Waals surface area contributed by atoms with E-state index in [2.05, 4.69) is 73.6 Å². The van der Waals surface area contributed by atoms with Gasteiger partial charge in [-0.05, 0) is 46.3 Å². The highest BCUT2D eigenvalue weighted by Crippen LogP contribution is 2.36. The molecular weight excluding hydrogens is 240 g/mol. The Bertz CT molecular complexity index is 426. The molecule has 0 N–H and O–H groups in total. The third-order valence-corrected chi connectivity index (χ3v) is 4.31. The van der Waals surface area contributed by atoms with Crippen LogP contribution in [0.15, 0.2) is 18.2 Å². The van der Waals surface area contributed by atoms with E-state index in [0.717, 1.165) is 5.92 Å². The molecule has 0 radical (unpaired) electrons. The SMILES string of the molecule is CCC(C)CCc1cccc(C(C)(C)C)c1C(C)(C)C. The molecule has 1 aromatic rings. The minimum Gasteiger partial charge on any atom is -0.0651 e. The van der Waals surface area contributed by atoms with Crippen LogP contribution >= 0.6 is 0 Å².